The number of carbonyl (C=O) groups excluding carboxylic acids is 1. The maximum absolute atomic E-state index is 13.5. The lowest BCUT2D eigenvalue weighted by atomic mass is 10.0. The summed E-state index contributed by atoms with van der Waals surface area (Å²) in [5.74, 6) is 0.0324. The van der Waals surface area contributed by atoms with Gasteiger partial charge >= 0.3 is 5.69 Å². The molecule has 4 aromatic heterocycles. The van der Waals surface area contributed by atoms with E-state index in [0.29, 0.717) is 46.0 Å². The normalized spacial score (nSPS) is 16.0. The fraction of sp³-hybridized carbons (Fsp3) is 0.379. The second-order valence-corrected chi connectivity index (χ2v) is 11.3. The average molecular weight is 569 g/mol. The van der Waals surface area contributed by atoms with Crippen molar-refractivity contribution >= 4 is 34.0 Å². The summed E-state index contributed by atoms with van der Waals surface area (Å²) in [6.07, 6.45) is 11.7. The summed E-state index contributed by atoms with van der Waals surface area (Å²) >= 11 is 0. The van der Waals surface area contributed by atoms with Gasteiger partial charge < -0.3 is 19.9 Å². The van der Waals surface area contributed by atoms with Crippen LogP contribution in [0.1, 0.15) is 47.4 Å². The lowest BCUT2D eigenvalue weighted by Gasteiger charge is -2.34. The van der Waals surface area contributed by atoms with Gasteiger partial charge in [0.25, 0.3) is 11.5 Å². The summed E-state index contributed by atoms with van der Waals surface area (Å²) in [5.41, 5.74) is 2.93. The molecule has 216 valence electrons. The Bertz CT molecular complexity index is 1940. The summed E-state index contributed by atoms with van der Waals surface area (Å²) in [5, 5.41) is 12.3. The highest BCUT2D eigenvalue weighted by atomic mass is 16.2. The minimum atomic E-state index is -0.536. The number of aromatic amines is 1. The van der Waals surface area contributed by atoms with Gasteiger partial charge in [0.05, 0.1) is 24.0 Å². The fourth-order valence-corrected chi connectivity index (χ4v) is 5.81. The van der Waals surface area contributed by atoms with Crippen molar-refractivity contribution in [2.75, 3.05) is 23.3 Å². The molecular formula is C29H32N10O3. The first kappa shape index (κ1) is 26.1. The van der Waals surface area contributed by atoms with Crippen LogP contribution in [-0.2, 0) is 13.6 Å². The van der Waals surface area contributed by atoms with Crippen LogP contribution >= 0.6 is 0 Å². The number of nitrogens with one attached hydrogen (secondary N) is 3. The van der Waals surface area contributed by atoms with Gasteiger partial charge in [-0.3, -0.25) is 28.8 Å². The van der Waals surface area contributed by atoms with E-state index in [1.54, 1.807) is 21.5 Å². The van der Waals surface area contributed by atoms with Gasteiger partial charge in [0.2, 0.25) is 0 Å². The molecule has 3 N–H and O–H groups in total. The highest BCUT2D eigenvalue weighted by Crippen LogP contribution is 2.32. The molecule has 42 heavy (non-hydrogen) atoms. The van der Waals surface area contributed by atoms with Crippen molar-refractivity contribution in [2.24, 2.45) is 7.05 Å². The first-order valence-electron chi connectivity index (χ1n) is 14.2. The van der Waals surface area contributed by atoms with Gasteiger partial charge in [0.15, 0.2) is 11.5 Å². The lowest BCUT2D eigenvalue weighted by molar-refractivity contribution is 0.102. The van der Waals surface area contributed by atoms with E-state index in [-0.39, 0.29) is 12.5 Å². The van der Waals surface area contributed by atoms with E-state index in [4.69, 9.17) is 0 Å². The Hall–Kier alpha value is -4.78. The van der Waals surface area contributed by atoms with Crippen molar-refractivity contribution < 1.29 is 4.79 Å². The Morgan fingerprint density at radius 2 is 1.81 bits per heavy atom. The first-order valence-corrected chi connectivity index (χ1v) is 14.2. The predicted octanol–water partition coefficient (Wildman–Crippen LogP) is 1.80. The summed E-state index contributed by atoms with van der Waals surface area (Å²) in [6, 6.07) is 6.42. The van der Waals surface area contributed by atoms with E-state index in [9.17, 15) is 14.4 Å². The van der Waals surface area contributed by atoms with Gasteiger partial charge in [-0.2, -0.15) is 5.10 Å². The maximum Gasteiger partial charge on any atom is 0.328 e. The second kappa shape index (κ2) is 10.2. The maximum atomic E-state index is 13.5. The Balaban J connectivity index is 1.14. The van der Waals surface area contributed by atoms with Crippen LogP contribution in [0, 0.1) is 6.92 Å². The third kappa shape index (κ3) is 5.07. The van der Waals surface area contributed by atoms with E-state index < -0.39 is 11.2 Å². The van der Waals surface area contributed by atoms with E-state index in [2.05, 4.69) is 35.6 Å². The minimum Gasteiger partial charge on any atom is -0.371 e. The molecule has 0 spiro atoms. The molecule has 1 aliphatic carbocycles. The van der Waals surface area contributed by atoms with Gasteiger partial charge in [-0.15, -0.1) is 0 Å². The van der Waals surface area contributed by atoms with E-state index >= 15 is 0 Å². The van der Waals surface area contributed by atoms with Crippen molar-refractivity contribution in [3.8, 4) is 0 Å². The number of rotatable bonds is 7. The molecule has 1 saturated heterocycles. The molecule has 0 atom stereocenters. The summed E-state index contributed by atoms with van der Waals surface area (Å²) < 4.78 is 4.86. The molecule has 0 radical (unpaired) electrons. The average Bonchev–Trinajstić information content (AvgIpc) is 3.54. The Kier molecular flexibility index (Phi) is 6.38. The number of nitrogens with zero attached hydrogens (tertiary/aromatic N) is 7. The first-order chi connectivity index (χ1) is 20.3. The third-order valence-corrected chi connectivity index (χ3v) is 7.98. The molecule has 0 bridgehead atoms. The van der Waals surface area contributed by atoms with Crippen LogP contribution in [0.2, 0.25) is 0 Å². The Morgan fingerprint density at radius 3 is 2.57 bits per heavy atom. The smallest absolute Gasteiger partial charge is 0.328 e. The number of piperidine rings is 1. The molecule has 5 aromatic rings. The zero-order valence-corrected chi connectivity index (χ0v) is 23.5. The van der Waals surface area contributed by atoms with Crippen LogP contribution in [0.15, 0.2) is 52.6 Å². The molecule has 1 aromatic carbocycles. The third-order valence-electron chi connectivity index (χ3n) is 7.98. The largest absolute Gasteiger partial charge is 0.371 e. The number of benzene rings is 1. The zero-order valence-electron chi connectivity index (χ0n) is 23.5. The summed E-state index contributed by atoms with van der Waals surface area (Å²) in [7, 11) is 1.87. The Labute approximate surface area is 240 Å². The number of hydrogen-bond acceptors (Lipinski definition) is 8. The molecular weight excluding hydrogens is 536 g/mol. The molecule has 5 heterocycles. The number of amides is 1. The van der Waals surface area contributed by atoms with Crippen molar-refractivity contribution in [3.63, 3.8) is 0 Å². The van der Waals surface area contributed by atoms with Crippen LogP contribution in [0.5, 0.6) is 0 Å². The van der Waals surface area contributed by atoms with Gasteiger partial charge in [-0.05, 0) is 44.7 Å². The summed E-state index contributed by atoms with van der Waals surface area (Å²) in [6.45, 7) is 3.86. The molecule has 13 nitrogen and oxygen atoms in total. The molecule has 1 aliphatic heterocycles. The van der Waals surface area contributed by atoms with Gasteiger partial charge in [-0.25, -0.2) is 9.78 Å². The molecule has 1 saturated carbocycles. The highest BCUT2D eigenvalue weighted by Gasteiger charge is 2.28. The summed E-state index contributed by atoms with van der Waals surface area (Å²) in [4.78, 5) is 51.1. The molecule has 7 rings (SSSR count). The SMILES string of the molecule is Cc1cn2cc(NC(=O)c3ccc(N4CCC(NC5CC5)CC4)c4cn(C)nc34)nc2c(Cn2ccc(=O)[nH]c2=O)n1. The lowest BCUT2D eigenvalue weighted by Crippen LogP contribution is -2.43. The van der Waals surface area contributed by atoms with Crippen LogP contribution in [0.4, 0.5) is 11.5 Å². The van der Waals surface area contributed by atoms with Crippen molar-refractivity contribution in [1.29, 1.82) is 0 Å². The Morgan fingerprint density at radius 1 is 1.02 bits per heavy atom. The van der Waals surface area contributed by atoms with E-state index in [0.717, 1.165) is 37.0 Å². The minimum absolute atomic E-state index is 0.106. The molecule has 2 aliphatic rings. The van der Waals surface area contributed by atoms with Crippen molar-refractivity contribution in [1.82, 2.24) is 39.0 Å². The van der Waals surface area contributed by atoms with E-state index in [1.807, 2.05) is 32.3 Å². The zero-order chi connectivity index (χ0) is 29.0. The van der Waals surface area contributed by atoms with Gasteiger partial charge in [-0.1, -0.05) is 0 Å². The van der Waals surface area contributed by atoms with Crippen LogP contribution in [0.25, 0.3) is 16.6 Å². The quantitative estimate of drug-likeness (QED) is 0.269. The predicted molar refractivity (Wildman–Crippen MR) is 158 cm³/mol. The van der Waals surface area contributed by atoms with Gasteiger partial charge in [0.1, 0.15) is 11.2 Å². The number of imidazole rings is 1. The number of H-pyrrole nitrogens is 1. The number of aryl methyl sites for hydroxylation is 2. The van der Waals surface area contributed by atoms with Crippen LogP contribution in [-0.4, -0.2) is 64.8 Å². The van der Waals surface area contributed by atoms with Crippen molar-refractivity contribution in [3.05, 3.63) is 80.8 Å². The van der Waals surface area contributed by atoms with Crippen LogP contribution < -0.4 is 26.8 Å². The van der Waals surface area contributed by atoms with Crippen LogP contribution in [0.3, 0.4) is 0 Å². The molecule has 2 fully saturated rings. The number of carbonyl (C=O) groups is 1. The molecule has 13 heteroatoms. The monoisotopic (exact) mass is 568 g/mol. The topological polar surface area (TPSA) is 147 Å². The number of hydrogen-bond donors (Lipinski definition) is 3. The highest BCUT2D eigenvalue weighted by molar-refractivity contribution is 6.13. The van der Waals surface area contributed by atoms with E-state index in [1.165, 1.54) is 29.7 Å². The standard InChI is InChI=1S/C29H32N10O3/c1-17-13-39-16-24(32-27(39)22(30-17)15-38-12-9-25(40)34-29(38)42)33-28(41)20-5-6-23(21-14-36(2)35-26(20)21)37-10-7-19(8-11-37)31-18-3-4-18/h5-6,9,12-14,16,18-19,31H,3-4,7-8,10-11,15H2,1-2H3,(H,33,41)(H,34,40,42). The molecule has 0 unspecified atom stereocenters. The fourth-order valence-electron chi connectivity index (χ4n) is 5.81. The molecule has 1 amide bonds. The van der Waals surface area contributed by atoms with Gasteiger partial charge in [0, 0.05) is 68.0 Å². The number of anilines is 2. The second-order valence-electron chi connectivity index (χ2n) is 11.3. The number of aromatic nitrogens is 7. The van der Waals surface area contributed by atoms with Crippen molar-refractivity contribution in [2.45, 2.75) is 51.2 Å². The number of fused-ring (bicyclic) bond motifs is 2.